The predicted octanol–water partition coefficient (Wildman–Crippen LogP) is 4.75. The van der Waals surface area contributed by atoms with Crippen molar-refractivity contribution in [1.82, 2.24) is 4.98 Å². The Morgan fingerprint density at radius 3 is 2.64 bits per heavy atom. The molecule has 2 aromatic rings. The molecule has 2 N–H and O–H groups in total. The second-order valence-corrected chi connectivity index (χ2v) is 9.29. The van der Waals surface area contributed by atoms with E-state index in [1.807, 2.05) is 23.7 Å². The first-order chi connectivity index (χ1) is 13.7. The maximum atomic E-state index is 10.7. The summed E-state index contributed by atoms with van der Waals surface area (Å²) >= 11 is 1.68. The molecule has 4 nitrogen and oxygen atoms in total. The second-order valence-electron chi connectivity index (χ2n) is 8.31. The summed E-state index contributed by atoms with van der Waals surface area (Å²) < 4.78 is 0. The monoisotopic (exact) mass is 396 g/mol. The number of aliphatic hydroxyl groups excluding tert-OH is 2. The highest BCUT2D eigenvalue weighted by Gasteiger charge is 2.46. The largest absolute Gasteiger partial charge is 0.392 e. The molecule has 0 radical (unpaired) electrons. The Morgan fingerprint density at radius 2 is 2.04 bits per heavy atom. The smallest absolute Gasteiger partial charge is 0.229 e. The summed E-state index contributed by atoms with van der Waals surface area (Å²) in [5, 5.41) is 24.3. The van der Waals surface area contributed by atoms with E-state index in [0.717, 1.165) is 48.2 Å². The lowest BCUT2D eigenvalue weighted by molar-refractivity contribution is 0.0620. The van der Waals surface area contributed by atoms with E-state index in [4.69, 9.17) is 6.57 Å². The molecule has 0 bridgehead atoms. The highest BCUT2D eigenvalue weighted by molar-refractivity contribution is 7.09. The van der Waals surface area contributed by atoms with E-state index < -0.39 is 6.10 Å². The van der Waals surface area contributed by atoms with E-state index in [1.165, 1.54) is 6.42 Å². The van der Waals surface area contributed by atoms with Gasteiger partial charge in [0.1, 0.15) is 0 Å². The summed E-state index contributed by atoms with van der Waals surface area (Å²) in [4.78, 5) is 8.18. The van der Waals surface area contributed by atoms with Crippen LogP contribution in [0.2, 0.25) is 0 Å². The van der Waals surface area contributed by atoms with Crippen LogP contribution in [0, 0.1) is 18.4 Å². The van der Waals surface area contributed by atoms with Gasteiger partial charge in [0.15, 0.2) is 0 Å². The van der Waals surface area contributed by atoms with Crippen LogP contribution in [0.5, 0.6) is 0 Å². The van der Waals surface area contributed by atoms with E-state index in [-0.39, 0.29) is 24.0 Å². The highest BCUT2D eigenvalue weighted by Crippen LogP contribution is 2.45. The molecule has 0 amide bonds. The van der Waals surface area contributed by atoms with Crippen molar-refractivity contribution in [3.63, 3.8) is 0 Å². The van der Waals surface area contributed by atoms with E-state index in [2.05, 4.69) is 22.0 Å². The Hall–Kier alpha value is -1.74. The van der Waals surface area contributed by atoms with Crippen LogP contribution >= 0.6 is 11.3 Å². The topological polar surface area (TPSA) is 57.7 Å². The summed E-state index contributed by atoms with van der Waals surface area (Å²) in [7, 11) is 0. The molecular formula is C23H28N2O2S. The standard InChI is InChI=1S/C23H28N2O2S/c1-24-19-14-20(26)22(18(19)6-3-7-21-25-12-13-28-21)15-8-10-17(11-9-15)23(27)16-4-2-5-16/h8-13,16,18-20,22-23,26-27H,2-7,14H2/t18?,19-,20-,22?,23?/m1/s1. The Balaban J connectivity index is 1.46. The summed E-state index contributed by atoms with van der Waals surface area (Å²) in [6.07, 6.45) is 7.85. The number of thiazole rings is 1. The molecule has 148 valence electrons. The van der Waals surface area contributed by atoms with Gasteiger partial charge in [-0.2, -0.15) is 0 Å². The third kappa shape index (κ3) is 4.00. The van der Waals surface area contributed by atoms with Gasteiger partial charge in [0.2, 0.25) is 6.04 Å². The molecular weight excluding hydrogens is 368 g/mol. The van der Waals surface area contributed by atoms with Crippen LogP contribution in [-0.4, -0.2) is 27.3 Å². The van der Waals surface area contributed by atoms with Crippen LogP contribution in [0.1, 0.15) is 66.7 Å². The van der Waals surface area contributed by atoms with Gasteiger partial charge in [0, 0.05) is 29.8 Å². The van der Waals surface area contributed by atoms with E-state index in [1.54, 1.807) is 11.3 Å². The van der Waals surface area contributed by atoms with Crippen LogP contribution < -0.4 is 0 Å². The van der Waals surface area contributed by atoms with Crippen LogP contribution in [0.3, 0.4) is 0 Å². The van der Waals surface area contributed by atoms with Crippen molar-refractivity contribution in [2.24, 2.45) is 11.8 Å². The van der Waals surface area contributed by atoms with Gasteiger partial charge in [0.25, 0.3) is 0 Å². The number of hydrogen-bond acceptors (Lipinski definition) is 4. The fourth-order valence-corrected chi connectivity index (χ4v) is 5.55. The Labute approximate surface area is 171 Å². The lowest BCUT2D eigenvalue weighted by Crippen LogP contribution is -2.21. The quantitative estimate of drug-likeness (QED) is 0.664. The molecule has 3 unspecified atom stereocenters. The normalized spacial score (nSPS) is 28.6. The summed E-state index contributed by atoms with van der Waals surface area (Å²) in [5.74, 6) is 0.577. The fraction of sp³-hybridized carbons (Fsp3) is 0.565. The van der Waals surface area contributed by atoms with E-state index in [9.17, 15) is 10.2 Å². The third-order valence-corrected chi connectivity index (χ3v) is 7.53. The molecule has 1 aromatic heterocycles. The zero-order valence-electron chi connectivity index (χ0n) is 16.1. The van der Waals surface area contributed by atoms with Gasteiger partial charge in [-0.25, -0.2) is 11.6 Å². The van der Waals surface area contributed by atoms with Crippen molar-refractivity contribution in [1.29, 1.82) is 0 Å². The lowest BCUT2D eigenvalue weighted by Gasteiger charge is -2.30. The van der Waals surface area contributed by atoms with Crippen molar-refractivity contribution in [3.8, 4) is 0 Å². The first-order valence-electron chi connectivity index (χ1n) is 10.4. The van der Waals surface area contributed by atoms with Crippen molar-refractivity contribution in [2.45, 2.75) is 69.1 Å². The molecule has 5 atom stereocenters. The molecule has 2 saturated carbocycles. The highest BCUT2D eigenvalue weighted by atomic mass is 32.1. The molecule has 0 saturated heterocycles. The fourth-order valence-electron chi connectivity index (χ4n) is 4.89. The molecule has 5 heteroatoms. The zero-order valence-corrected chi connectivity index (χ0v) is 16.9. The number of nitrogens with zero attached hydrogens (tertiary/aromatic N) is 2. The number of aryl methyl sites for hydroxylation is 1. The minimum absolute atomic E-state index is 0.00490. The first-order valence-corrected chi connectivity index (χ1v) is 11.3. The maximum absolute atomic E-state index is 10.7. The molecule has 1 aromatic carbocycles. The van der Waals surface area contributed by atoms with Gasteiger partial charge >= 0.3 is 0 Å². The van der Waals surface area contributed by atoms with Gasteiger partial charge in [0.05, 0.1) is 17.2 Å². The number of rotatable bonds is 7. The average molecular weight is 397 g/mol. The van der Waals surface area contributed by atoms with E-state index >= 15 is 0 Å². The number of hydrogen-bond donors (Lipinski definition) is 2. The lowest BCUT2D eigenvalue weighted by atomic mass is 9.78. The average Bonchev–Trinajstić information content (AvgIpc) is 3.28. The Kier molecular flexibility index (Phi) is 6.10. The predicted molar refractivity (Wildman–Crippen MR) is 111 cm³/mol. The van der Waals surface area contributed by atoms with E-state index in [0.29, 0.717) is 12.3 Å². The van der Waals surface area contributed by atoms with Gasteiger partial charge in [-0.15, -0.1) is 11.3 Å². The van der Waals surface area contributed by atoms with Crippen LogP contribution in [0.4, 0.5) is 0 Å². The molecule has 2 aliphatic rings. The van der Waals surface area contributed by atoms with Gasteiger partial charge in [-0.3, -0.25) is 0 Å². The van der Waals surface area contributed by atoms with Crippen molar-refractivity contribution in [2.75, 3.05) is 0 Å². The summed E-state index contributed by atoms with van der Waals surface area (Å²) in [5.41, 5.74) is 2.07. The number of benzene rings is 1. The molecule has 28 heavy (non-hydrogen) atoms. The Bertz CT molecular complexity index is 795. The molecule has 0 aliphatic heterocycles. The summed E-state index contributed by atoms with van der Waals surface area (Å²) in [6, 6.07) is 8.04. The first kappa shape index (κ1) is 19.6. The SMILES string of the molecule is [C-]#[N+][C@@H]1C[C@@H](O)C(c2ccc(C(O)C3CCC3)cc2)C1CCCc1nccs1. The van der Waals surface area contributed by atoms with Crippen LogP contribution in [0.15, 0.2) is 35.8 Å². The number of aliphatic hydroxyl groups is 2. The molecule has 2 aliphatic carbocycles. The van der Waals surface area contributed by atoms with Crippen molar-refractivity contribution in [3.05, 3.63) is 63.4 Å². The van der Waals surface area contributed by atoms with Crippen molar-refractivity contribution < 1.29 is 10.2 Å². The zero-order chi connectivity index (χ0) is 19.5. The Morgan fingerprint density at radius 1 is 1.25 bits per heavy atom. The summed E-state index contributed by atoms with van der Waals surface area (Å²) in [6.45, 7) is 7.58. The third-order valence-electron chi connectivity index (χ3n) is 6.69. The minimum atomic E-state index is -0.466. The minimum Gasteiger partial charge on any atom is -0.392 e. The van der Waals surface area contributed by atoms with Crippen LogP contribution in [0.25, 0.3) is 4.85 Å². The molecule has 0 spiro atoms. The molecule has 4 rings (SSSR count). The second kappa shape index (κ2) is 8.73. The maximum Gasteiger partial charge on any atom is 0.229 e. The van der Waals surface area contributed by atoms with Crippen LogP contribution in [-0.2, 0) is 6.42 Å². The molecule has 2 fully saturated rings. The van der Waals surface area contributed by atoms with Gasteiger partial charge in [-0.1, -0.05) is 30.7 Å². The number of aromatic nitrogens is 1. The van der Waals surface area contributed by atoms with Gasteiger partial charge in [-0.05, 0) is 49.1 Å². The van der Waals surface area contributed by atoms with Gasteiger partial charge < -0.3 is 15.1 Å². The molecule has 1 heterocycles. The van der Waals surface area contributed by atoms with Crippen molar-refractivity contribution >= 4 is 11.3 Å².